The molecule has 3 N–H and O–H groups in total. The summed E-state index contributed by atoms with van der Waals surface area (Å²) in [5.74, 6) is -1.96. The Morgan fingerprint density at radius 2 is 1.69 bits per heavy atom. The molecule has 352 valence electrons. The Labute approximate surface area is 374 Å². The molecule has 6 amide bonds. The fraction of sp³-hybridized carbons (Fsp3) is 0.682. The van der Waals surface area contributed by atoms with Gasteiger partial charge in [0, 0.05) is 38.5 Å². The van der Waals surface area contributed by atoms with Crippen LogP contribution in [0.5, 0.6) is 5.75 Å². The second kappa shape index (κ2) is 20.0. The van der Waals surface area contributed by atoms with Gasteiger partial charge in [0.2, 0.25) is 21.8 Å². The number of nitrogens with one attached hydrogen (secondary N) is 3. The summed E-state index contributed by atoms with van der Waals surface area (Å²) in [6.45, 7) is 8.18. The smallest absolute Gasteiger partial charge is 0.410 e. The summed E-state index contributed by atoms with van der Waals surface area (Å²) in [6, 6.07) is 3.29. The molecular formula is C44H62N6O13S. The molecule has 6 aliphatic rings. The summed E-state index contributed by atoms with van der Waals surface area (Å²) in [7, 11) is -3.93. The lowest BCUT2D eigenvalue weighted by Crippen LogP contribution is -2.58. The largest absolute Gasteiger partial charge is 0.494 e. The van der Waals surface area contributed by atoms with Crippen LogP contribution in [0.3, 0.4) is 0 Å². The molecule has 2 saturated carbocycles. The molecule has 5 atom stereocenters. The molecule has 0 radical (unpaired) electrons. The number of hydrogen-bond acceptors (Lipinski definition) is 13. The molecule has 0 spiro atoms. The number of benzene rings is 1. The van der Waals surface area contributed by atoms with Crippen molar-refractivity contribution in [1.82, 2.24) is 30.1 Å². The van der Waals surface area contributed by atoms with E-state index in [-0.39, 0.29) is 51.6 Å². The molecule has 1 aromatic rings. The number of unbranched alkanes of at least 4 members (excludes halogenated alkanes) is 1. The third-order valence-corrected chi connectivity index (χ3v) is 14.1. The van der Waals surface area contributed by atoms with E-state index in [2.05, 4.69) is 15.4 Å². The van der Waals surface area contributed by atoms with Gasteiger partial charge in [-0.2, -0.15) is 0 Å². The Balaban J connectivity index is 0.995. The number of carbonyl (C=O) groups excluding carboxylic acids is 6. The molecule has 2 aliphatic carbocycles. The molecule has 20 heteroatoms. The van der Waals surface area contributed by atoms with E-state index < -0.39 is 80.4 Å². The van der Waals surface area contributed by atoms with Gasteiger partial charge in [-0.05, 0) is 95.4 Å². The van der Waals surface area contributed by atoms with Gasteiger partial charge in [0.25, 0.3) is 5.91 Å². The van der Waals surface area contributed by atoms with Crippen molar-refractivity contribution in [3.8, 4) is 5.75 Å². The van der Waals surface area contributed by atoms with Gasteiger partial charge in [0.05, 0.1) is 38.2 Å². The van der Waals surface area contributed by atoms with Crippen LogP contribution < -0.4 is 20.1 Å². The van der Waals surface area contributed by atoms with Gasteiger partial charge in [-0.1, -0.05) is 31.1 Å². The molecule has 0 bridgehead atoms. The molecule has 0 aromatic heterocycles. The number of rotatable bonds is 11. The molecule has 1 unspecified atom stereocenters. The average molecular weight is 915 g/mol. The number of nitrogens with zero attached hydrogens (tertiary/aromatic N) is 3. The highest BCUT2D eigenvalue weighted by molar-refractivity contribution is 7.91. The molecule has 4 aliphatic heterocycles. The van der Waals surface area contributed by atoms with E-state index >= 15 is 0 Å². The quantitative estimate of drug-likeness (QED) is 0.164. The highest BCUT2D eigenvalue weighted by Gasteiger charge is 2.62. The minimum Gasteiger partial charge on any atom is -0.494 e. The van der Waals surface area contributed by atoms with Crippen LogP contribution in [0.15, 0.2) is 30.4 Å². The van der Waals surface area contributed by atoms with Crippen molar-refractivity contribution >= 4 is 46.0 Å². The van der Waals surface area contributed by atoms with Crippen LogP contribution in [0.2, 0.25) is 0 Å². The number of hydrogen-bond donors (Lipinski definition) is 3. The standard InChI is InChI=1S/C44H62N6O13S/c1-43(2,3)63-40(54)45-35-12-8-6-4-5-7-11-31-25-44(31,39(53)47-64(57,58)34-15-16-34)46-37(51)36-24-33(28-50(36)38(35)52)62-42(56)49-26-29-13-14-32(23-30(29)27-49)60-19-9-10-20-61-41(55)48-17-21-59-22-18-48/h7,11,13-14,23,31,33-36H,4-6,8-10,12,15-22,24-28H2,1-3H3,(H,45,54)(H,46,51)(H,47,53)/b11-7-/t31-,33-,35+,36?,44-/m1/s1. The molecule has 2 saturated heterocycles. The van der Waals surface area contributed by atoms with Crippen molar-refractivity contribution in [1.29, 1.82) is 0 Å². The number of fused-ring (bicyclic) bond motifs is 3. The molecule has 19 nitrogen and oxygen atoms in total. The number of ether oxygens (including phenoxy) is 5. The average Bonchev–Trinajstić information content (AvgIpc) is 4.14. The van der Waals surface area contributed by atoms with E-state index in [1.807, 2.05) is 30.4 Å². The number of morpholine rings is 1. The topological polar surface area (TPSA) is 229 Å². The van der Waals surface area contributed by atoms with Crippen molar-refractivity contribution in [2.75, 3.05) is 46.1 Å². The third-order valence-electron chi connectivity index (χ3n) is 12.3. The maximum Gasteiger partial charge on any atom is 0.410 e. The van der Waals surface area contributed by atoms with Crippen molar-refractivity contribution in [2.45, 2.75) is 139 Å². The maximum atomic E-state index is 14.5. The Hall–Kier alpha value is -5.11. The Kier molecular flexibility index (Phi) is 14.6. The SMILES string of the molecule is CC(C)(C)OC(=O)N[C@H]1CCCCC/C=C\[C@@H]2C[C@@]2(C(=O)NS(=O)(=O)C2CC2)NC(=O)C2C[C@@H](OC(=O)N3Cc4ccc(OCCCCOC(=O)N5CCOCC5)cc4C3)CN2C1=O. The van der Waals surface area contributed by atoms with Crippen molar-refractivity contribution in [2.24, 2.45) is 5.92 Å². The van der Waals surface area contributed by atoms with Gasteiger partial charge in [-0.25, -0.2) is 22.8 Å². The highest BCUT2D eigenvalue weighted by atomic mass is 32.2. The minimum atomic E-state index is -3.93. The van der Waals surface area contributed by atoms with Gasteiger partial charge in [-0.15, -0.1) is 0 Å². The molecule has 4 fully saturated rings. The summed E-state index contributed by atoms with van der Waals surface area (Å²) < 4.78 is 56.0. The predicted octanol–water partition coefficient (Wildman–Crippen LogP) is 3.63. The zero-order valence-electron chi connectivity index (χ0n) is 37.0. The lowest BCUT2D eigenvalue weighted by Gasteiger charge is -2.30. The number of alkyl carbamates (subject to hydrolysis) is 1. The fourth-order valence-corrected chi connectivity index (χ4v) is 9.86. The number of allylic oxidation sites excluding steroid dienone is 1. The van der Waals surface area contributed by atoms with E-state index in [0.717, 1.165) is 24.0 Å². The number of amides is 6. The predicted molar refractivity (Wildman–Crippen MR) is 229 cm³/mol. The summed E-state index contributed by atoms with van der Waals surface area (Å²) in [5, 5.41) is 4.87. The van der Waals surface area contributed by atoms with Crippen LogP contribution in [-0.4, -0.2) is 140 Å². The first-order valence-corrected chi connectivity index (χ1v) is 24.1. The molecule has 1 aromatic carbocycles. The van der Waals surface area contributed by atoms with Crippen molar-refractivity contribution in [3.05, 3.63) is 41.5 Å². The molecule has 4 heterocycles. The van der Waals surface area contributed by atoms with Gasteiger partial charge >= 0.3 is 18.3 Å². The van der Waals surface area contributed by atoms with Crippen LogP contribution in [-0.2, 0) is 56.4 Å². The number of carbonyl (C=O) groups is 6. The highest BCUT2D eigenvalue weighted by Crippen LogP contribution is 2.46. The summed E-state index contributed by atoms with van der Waals surface area (Å²) in [5.41, 5.74) is -0.623. The third kappa shape index (κ3) is 12.0. The van der Waals surface area contributed by atoms with Gasteiger partial charge in [0.1, 0.15) is 35.1 Å². The first kappa shape index (κ1) is 46.9. The minimum absolute atomic E-state index is 0.105. The van der Waals surface area contributed by atoms with Crippen molar-refractivity contribution in [3.63, 3.8) is 0 Å². The van der Waals surface area contributed by atoms with Crippen LogP contribution in [0.25, 0.3) is 0 Å². The van der Waals surface area contributed by atoms with E-state index in [9.17, 15) is 37.2 Å². The van der Waals surface area contributed by atoms with E-state index in [0.29, 0.717) is 77.2 Å². The Bertz CT molecular complexity index is 2070. The van der Waals surface area contributed by atoms with Gasteiger partial charge < -0.3 is 44.1 Å². The Morgan fingerprint density at radius 3 is 2.44 bits per heavy atom. The first-order valence-electron chi connectivity index (χ1n) is 22.6. The monoisotopic (exact) mass is 914 g/mol. The zero-order chi connectivity index (χ0) is 45.6. The first-order chi connectivity index (χ1) is 30.5. The summed E-state index contributed by atoms with van der Waals surface area (Å²) in [6.07, 6.45) is 6.25. The lowest BCUT2D eigenvalue weighted by molar-refractivity contribution is -0.141. The Morgan fingerprint density at radius 1 is 0.938 bits per heavy atom. The van der Waals surface area contributed by atoms with Gasteiger partial charge in [0.15, 0.2) is 0 Å². The second-order valence-electron chi connectivity index (χ2n) is 18.5. The van der Waals surface area contributed by atoms with Gasteiger partial charge in [-0.3, -0.25) is 24.0 Å². The fourth-order valence-electron chi connectivity index (χ4n) is 8.49. The summed E-state index contributed by atoms with van der Waals surface area (Å²) >= 11 is 0. The van der Waals surface area contributed by atoms with E-state index in [1.54, 1.807) is 25.7 Å². The van der Waals surface area contributed by atoms with Crippen LogP contribution in [0.4, 0.5) is 14.4 Å². The molecule has 7 rings (SSSR count). The maximum absolute atomic E-state index is 14.5. The van der Waals surface area contributed by atoms with Crippen LogP contribution in [0.1, 0.15) is 103 Å². The molecular weight excluding hydrogens is 853 g/mol. The van der Waals surface area contributed by atoms with Crippen LogP contribution >= 0.6 is 0 Å². The lowest BCUT2D eigenvalue weighted by atomic mass is 10.0. The second-order valence-corrected chi connectivity index (χ2v) is 20.5. The zero-order valence-corrected chi connectivity index (χ0v) is 37.8. The van der Waals surface area contributed by atoms with Crippen LogP contribution in [0, 0.1) is 5.92 Å². The summed E-state index contributed by atoms with van der Waals surface area (Å²) in [4.78, 5) is 86.0. The van der Waals surface area contributed by atoms with Crippen molar-refractivity contribution < 1.29 is 60.9 Å². The molecule has 64 heavy (non-hydrogen) atoms. The number of sulfonamides is 1. The van der Waals surface area contributed by atoms with E-state index in [1.165, 1.54) is 9.80 Å². The van der Waals surface area contributed by atoms with E-state index in [4.69, 9.17) is 23.7 Å². The normalized spacial score (nSPS) is 26.8.